The lowest BCUT2D eigenvalue weighted by Crippen LogP contribution is -2.16. The van der Waals surface area contributed by atoms with Crippen LogP contribution in [0.2, 0.25) is 0 Å². The van der Waals surface area contributed by atoms with E-state index in [0.29, 0.717) is 13.0 Å². The molecule has 20 heavy (non-hydrogen) atoms. The van der Waals surface area contributed by atoms with E-state index in [4.69, 9.17) is 5.73 Å². The first-order chi connectivity index (χ1) is 9.61. The number of benzene rings is 2. The molecule has 3 heteroatoms. The van der Waals surface area contributed by atoms with Crippen molar-refractivity contribution >= 4 is 5.69 Å². The van der Waals surface area contributed by atoms with Crippen molar-refractivity contribution in [3.8, 4) is 0 Å². The lowest BCUT2D eigenvalue weighted by atomic mass is 9.91. The molecule has 0 amide bonds. The zero-order valence-corrected chi connectivity index (χ0v) is 12.0. The van der Waals surface area contributed by atoms with Crippen LogP contribution in [0.15, 0.2) is 48.5 Å². The minimum absolute atomic E-state index is 0.142. The number of nitrogens with zero attached hydrogens (tertiary/aromatic N) is 1. The Labute approximate surface area is 120 Å². The highest BCUT2D eigenvalue weighted by atomic mass is 19.1. The van der Waals surface area contributed by atoms with E-state index < -0.39 is 0 Å². The van der Waals surface area contributed by atoms with Gasteiger partial charge in [-0.1, -0.05) is 30.3 Å². The Morgan fingerprint density at radius 2 is 1.70 bits per heavy atom. The van der Waals surface area contributed by atoms with Crippen molar-refractivity contribution in [3.63, 3.8) is 0 Å². The summed E-state index contributed by atoms with van der Waals surface area (Å²) in [7, 11) is 4.02. The molecule has 2 rings (SSSR count). The quantitative estimate of drug-likeness (QED) is 0.906. The van der Waals surface area contributed by atoms with Gasteiger partial charge in [-0.2, -0.15) is 0 Å². The third-order valence-corrected chi connectivity index (χ3v) is 3.59. The van der Waals surface area contributed by atoms with Crippen LogP contribution in [0.4, 0.5) is 10.1 Å². The minimum Gasteiger partial charge on any atom is -0.378 e. The van der Waals surface area contributed by atoms with Crippen LogP contribution >= 0.6 is 0 Å². The molecule has 0 aliphatic carbocycles. The molecule has 0 aromatic heterocycles. The average Bonchev–Trinajstić information content (AvgIpc) is 2.46. The molecule has 1 atom stereocenters. The minimum atomic E-state index is -0.157. The van der Waals surface area contributed by atoms with Gasteiger partial charge in [0.1, 0.15) is 5.82 Å². The topological polar surface area (TPSA) is 29.3 Å². The molecule has 0 spiro atoms. The van der Waals surface area contributed by atoms with E-state index in [9.17, 15) is 4.39 Å². The first-order valence-corrected chi connectivity index (χ1v) is 6.82. The van der Waals surface area contributed by atoms with Gasteiger partial charge in [0.15, 0.2) is 0 Å². The molecule has 1 unspecified atom stereocenters. The number of hydrogen-bond acceptors (Lipinski definition) is 2. The molecule has 0 fully saturated rings. The standard InChI is InChI=1S/C17H21FN2/c1-20(2)16-9-7-13(8-10-16)15(12-19)11-14-5-3-4-6-17(14)18/h3-10,15H,11-12,19H2,1-2H3. The average molecular weight is 272 g/mol. The van der Waals surface area contributed by atoms with E-state index in [2.05, 4.69) is 29.2 Å². The van der Waals surface area contributed by atoms with Crippen LogP contribution < -0.4 is 10.6 Å². The third kappa shape index (κ3) is 3.36. The van der Waals surface area contributed by atoms with Gasteiger partial charge in [0.05, 0.1) is 0 Å². The molecular formula is C17H21FN2. The summed E-state index contributed by atoms with van der Waals surface area (Å²) in [5.41, 5.74) is 8.89. The molecule has 0 heterocycles. The SMILES string of the molecule is CN(C)c1ccc(C(CN)Cc2ccccc2F)cc1. The second kappa shape index (κ2) is 6.53. The van der Waals surface area contributed by atoms with E-state index >= 15 is 0 Å². The van der Waals surface area contributed by atoms with Crippen LogP contribution in [-0.4, -0.2) is 20.6 Å². The fourth-order valence-electron chi connectivity index (χ4n) is 2.31. The van der Waals surface area contributed by atoms with Gasteiger partial charge in [-0.15, -0.1) is 0 Å². The van der Waals surface area contributed by atoms with Crippen molar-refractivity contribution in [2.45, 2.75) is 12.3 Å². The molecule has 2 nitrogen and oxygen atoms in total. The summed E-state index contributed by atoms with van der Waals surface area (Å²) in [5, 5.41) is 0. The maximum atomic E-state index is 13.7. The zero-order chi connectivity index (χ0) is 14.5. The largest absolute Gasteiger partial charge is 0.378 e. The molecule has 2 aromatic rings. The lowest BCUT2D eigenvalue weighted by Gasteiger charge is -2.18. The van der Waals surface area contributed by atoms with Gasteiger partial charge in [-0.3, -0.25) is 0 Å². The Balaban J connectivity index is 2.18. The monoisotopic (exact) mass is 272 g/mol. The zero-order valence-electron chi connectivity index (χ0n) is 12.0. The summed E-state index contributed by atoms with van der Waals surface area (Å²) in [4.78, 5) is 2.05. The van der Waals surface area contributed by atoms with Crippen LogP contribution in [0.25, 0.3) is 0 Å². The summed E-state index contributed by atoms with van der Waals surface area (Å²) in [6.07, 6.45) is 0.629. The summed E-state index contributed by atoms with van der Waals surface area (Å²) >= 11 is 0. The third-order valence-electron chi connectivity index (χ3n) is 3.59. The molecule has 0 radical (unpaired) electrons. The Bertz CT molecular complexity index is 549. The molecular weight excluding hydrogens is 251 g/mol. The second-order valence-electron chi connectivity index (χ2n) is 5.21. The van der Waals surface area contributed by atoms with Crippen molar-refractivity contribution in [1.29, 1.82) is 0 Å². The summed E-state index contributed by atoms with van der Waals surface area (Å²) in [5.74, 6) is -0.0148. The predicted molar refractivity (Wildman–Crippen MR) is 82.7 cm³/mol. The van der Waals surface area contributed by atoms with Crippen LogP contribution in [0.5, 0.6) is 0 Å². The van der Waals surface area contributed by atoms with Gasteiger partial charge in [0.25, 0.3) is 0 Å². The molecule has 106 valence electrons. The number of nitrogens with two attached hydrogens (primary N) is 1. The number of rotatable bonds is 5. The molecule has 0 aliphatic heterocycles. The summed E-state index contributed by atoms with van der Waals surface area (Å²) in [6.45, 7) is 0.510. The predicted octanol–water partition coefficient (Wildman–Crippen LogP) is 3.18. The molecule has 0 saturated heterocycles. The van der Waals surface area contributed by atoms with Crippen molar-refractivity contribution in [3.05, 3.63) is 65.5 Å². The first-order valence-electron chi connectivity index (χ1n) is 6.82. The van der Waals surface area contributed by atoms with Crippen molar-refractivity contribution in [2.24, 2.45) is 5.73 Å². The fourth-order valence-corrected chi connectivity index (χ4v) is 2.31. The smallest absolute Gasteiger partial charge is 0.126 e. The van der Waals surface area contributed by atoms with E-state index in [1.165, 1.54) is 6.07 Å². The number of hydrogen-bond donors (Lipinski definition) is 1. The van der Waals surface area contributed by atoms with Crippen LogP contribution in [0, 0.1) is 5.82 Å². The normalized spacial score (nSPS) is 12.2. The summed E-state index contributed by atoms with van der Waals surface area (Å²) < 4.78 is 13.7. The van der Waals surface area contributed by atoms with Gasteiger partial charge >= 0.3 is 0 Å². The lowest BCUT2D eigenvalue weighted by molar-refractivity contribution is 0.590. The van der Waals surface area contributed by atoms with E-state index in [0.717, 1.165) is 16.8 Å². The van der Waals surface area contributed by atoms with E-state index in [1.807, 2.05) is 26.2 Å². The van der Waals surface area contributed by atoms with Gasteiger partial charge in [0, 0.05) is 25.7 Å². The Morgan fingerprint density at radius 1 is 1.05 bits per heavy atom. The van der Waals surface area contributed by atoms with Crippen molar-refractivity contribution in [1.82, 2.24) is 0 Å². The highest BCUT2D eigenvalue weighted by Gasteiger charge is 2.13. The highest BCUT2D eigenvalue weighted by Crippen LogP contribution is 2.23. The second-order valence-corrected chi connectivity index (χ2v) is 5.21. The molecule has 2 aromatic carbocycles. The Kier molecular flexibility index (Phi) is 4.74. The summed E-state index contributed by atoms with van der Waals surface area (Å²) in [6, 6.07) is 15.2. The molecule has 0 aliphatic rings. The molecule has 0 saturated carbocycles. The Morgan fingerprint density at radius 3 is 2.25 bits per heavy atom. The Hall–Kier alpha value is -1.87. The molecule has 2 N–H and O–H groups in total. The maximum absolute atomic E-state index is 13.7. The van der Waals surface area contributed by atoms with Gasteiger partial charge in [0.2, 0.25) is 0 Å². The number of anilines is 1. The highest BCUT2D eigenvalue weighted by molar-refractivity contribution is 5.46. The molecule has 0 bridgehead atoms. The maximum Gasteiger partial charge on any atom is 0.126 e. The van der Waals surface area contributed by atoms with Gasteiger partial charge in [-0.25, -0.2) is 4.39 Å². The van der Waals surface area contributed by atoms with Crippen LogP contribution in [0.3, 0.4) is 0 Å². The number of halogens is 1. The fraction of sp³-hybridized carbons (Fsp3) is 0.294. The first kappa shape index (κ1) is 14.5. The van der Waals surface area contributed by atoms with Crippen molar-refractivity contribution < 1.29 is 4.39 Å². The van der Waals surface area contributed by atoms with Crippen LogP contribution in [0.1, 0.15) is 17.0 Å². The van der Waals surface area contributed by atoms with Gasteiger partial charge in [-0.05, 0) is 42.3 Å². The van der Waals surface area contributed by atoms with Gasteiger partial charge < -0.3 is 10.6 Å². The van der Waals surface area contributed by atoms with E-state index in [-0.39, 0.29) is 11.7 Å². The van der Waals surface area contributed by atoms with Crippen LogP contribution in [-0.2, 0) is 6.42 Å². The van der Waals surface area contributed by atoms with Crippen molar-refractivity contribution in [2.75, 3.05) is 25.5 Å². The van der Waals surface area contributed by atoms with E-state index in [1.54, 1.807) is 6.07 Å².